The number of halogens is 2. The highest BCUT2D eigenvalue weighted by Gasteiger charge is 2.12. The molecule has 2 aromatic carbocycles. The maximum Gasteiger partial charge on any atom is 0.142 e. The van der Waals surface area contributed by atoms with Gasteiger partial charge < -0.3 is 10.2 Å². The van der Waals surface area contributed by atoms with E-state index in [1.54, 1.807) is 6.07 Å². The van der Waals surface area contributed by atoms with Crippen molar-refractivity contribution in [3.8, 4) is 0 Å². The Labute approximate surface area is 130 Å². The van der Waals surface area contributed by atoms with Crippen LogP contribution in [0.5, 0.6) is 0 Å². The maximum atomic E-state index is 13.5. The standard InChI is InChI=1S/C17H20ClFN2/c1-20-17(10-12-7-8-15(18)16(19)9-12)13-5-4-6-14(11-13)21(2)3/h4-9,11,17,20H,10H2,1-3H3. The van der Waals surface area contributed by atoms with Gasteiger partial charge in [-0.3, -0.25) is 0 Å². The minimum absolute atomic E-state index is 0.130. The Morgan fingerprint density at radius 3 is 2.57 bits per heavy atom. The first-order valence-electron chi connectivity index (χ1n) is 6.89. The van der Waals surface area contributed by atoms with E-state index >= 15 is 0 Å². The van der Waals surface area contributed by atoms with Crippen molar-refractivity contribution in [3.63, 3.8) is 0 Å². The third-order valence-corrected chi connectivity index (χ3v) is 3.87. The number of likely N-dealkylation sites (N-methyl/N-ethyl adjacent to an activating group) is 1. The van der Waals surface area contributed by atoms with Crippen LogP contribution in [-0.4, -0.2) is 21.1 Å². The van der Waals surface area contributed by atoms with Crippen LogP contribution in [0.25, 0.3) is 0 Å². The highest BCUT2D eigenvalue weighted by atomic mass is 35.5. The number of benzene rings is 2. The van der Waals surface area contributed by atoms with Crippen molar-refractivity contribution in [1.82, 2.24) is 5.32 Å². The minimum Gasteiger partial charge on any atom is -0.378 e. The van der Waals surface area contributed by atoms with Crippen LogP contribution in [0.3, 0.4) is 0 Å². The molecule has 0 aliphatic heterocycles. The zero-order valence-corrected chi connectivity index (χ0v) is 13.3. The monoisotopic (exact) mass is 306 g/mol. The van der Waals surface area contributed by atoms with E-state index < -0.39 is 0 Å². The lowest BCUT2D eigenvalue weighted by molar-refractivity contribution is 0.584. The summed E-state index contributed by atoms with van der Waals surface area (Å²) in [6.07, 6.45) is 0.710. The van der Waals surface area contributed by atoms with Gasteiger partial charge in [-0.2, -0.15) is 0 Å². The Kier molecular flexibility index (Phi) is 5.21. The molecule has 0 radical (unpaired) electrons. The van der Waals surface area contributed by atoms with Gasteiger partial charge in [-0.1, -0.05) is 29.8 Å². The summed E-state index contributed by atoms with van der Waals surface area (Å²) in [7, 11) is 5.95. The smallest absolute Gasteiger partial charge is 0.142 e. The Hall–Kier alpha value is -1.58. The summed E-state index contributed by atoms with van der Waals surface area (Å²) in [4.78, 5) is 2.07. The van der Waals surface area contributed by atoms with Gasteiger partial charge in [0.15, 0.2) is 0 Å². The number of anilines is 1. The van der Waals surface area contributed by atoms with Crippen LogP contribution in [0.15, 0.2) is 42.5 Å². The molecule has 0 aliphatic rings. The van der Waals surface area contributed by atoms with Crippen LogP contribution >= 0.6 is 11.6 Å². The van der Waals surface area contributed by atoms with Gasteiger partial charge in [0, 0.05) is 25.8 Å². The van der Waals surface area contributed by atoms with Crippen LogP contribution in [0.4, 0.5) is 10.1 Å². The first-order valence-corrected chi connectivity index (χ1v) is 7.27. The molecule has 0 aromatic heterocycles. The minimum atomic E-state index is -0.369. The molecule has 2 nitrogen and oxygen atoms in total. The highest BCUT2D eigenvalue weighted by molar-refractivity contribution is 6.30. The molecule has 0 amide bonds. The van der Waals surface area contributed by atoms with Crippen LogP contribution in [0, 0.1) is 5.82 Å². The SMILES string of the molecule is CNC(Cc1ccc(Cl)c(F)c1)c1cccc(N(C)C)c1. The van der Waals surface area contributed by atoms with Crippen LogP contribution in [0.2, 0.25) is 5.02 Å². The predicted octanol–water partition coefficient (Wildman–Crippen LogP) is 4.05. The topological polar surface area (TPSA) is 15.3 Å². The summed E-state index contributed by atoms with van der Waals surface area (Å²) in [6, 6.07) is 13.4. The number of nitrogens with zero attached hydrogens (tertiary/aromatic N) is 1. The van der Waals surface area contributed by atoms with Gasteiger partial charge in [-0.15, -0.1) is 0 Å². The quantitative estimate of drug-likeness (QED) is 0.896. The molecule has 0 aliphatic carbocycles. The third kappa shape index (κ3) is 3.96. The normalized spacial score (nSPS) is 12.2. The summed E-state index contributed by atoms with van der Waals surface area (Å²) in [6.45, 7) is 0. The summed E-state index contributed by atoms with van der Waals surface area (Å²) < 4.78 is 13.5. The van der Waals surface area contributed by atoms with Crippen molar-refractivity contribution in [3.05, 3.63) is 64.4 Å². The first-order chi connectivity index (χ1) is 10.0. The second-order valence-electron chi connectivity index (χ2n) is 5.28. The van der Waals surface area contributed by atoms with Gasteiger partial charge in [-0.05, 0) is 48.9 Å². The van der Waals surface area contributed by atoms with E-state index in [1.165, 1.54) is 11.6 Å². The molecule has 0 fully saturated rings. The summed E-state index contributed by atoms with van der Waals surface area (Å²) in [5.41, 5.74) is 3.25. The average molecular weight is 307 g/mol. The van der Waals surface area contributed by atoms with E-state index in [2.05, 4.69) is 28.4 Å². The zero-order valence-electron chi connectivity index (χ0n) is 12.5. The van der Waals surface area contributed by atoms with Crippen LogP contribution < -0.4 is 10.2 Å². The van der Waals surface area contributed by atoms with E-state index in [-0.39, 0.29) is 16.9 Å². The second-order valence-corrected chi connectivity index (χ2v) is 5.69. The zero-order chi connectivity index (χ0) is 15.4. The number of rotatable bonds is 5. The fourth-order valence-corrected chi connectivity index (χ4v) is 2.43. The van der Waals surface area contributed by atoms with Gasteiger partial charge in [0.1, 0.15) is 5.82 Å². The molecule has 0 saturated heterocycles. The summed E-state index contributed by atoms with van der Waals surface area (Å²) in [5.74, 6) is -0.369. The molecular formula is C17H20ClFN2. The molecule has 4 heteroatoms. The lowest BCUT2D eigenvalue weighted by Gasteiger charge is -2.20. The van der Waals surface area contributed by atoms with Crippen molar-refractivity contribution < 1.29 is 4.39 Å². The fraction of sp³-hybridized carbons (Fsp3) is 0.294. The van der Waals surface area contributed by atoms with Gasteiger partial charge in [0.05, 0.1) is 5.02 Å². The van der Waals surface area contributed by atoms with Crippen molar-refractivity contribution in [2.75, 3.05) is 26.0 Å². The fourth-order valence-electron chi connectivity index (χ4n) is 2.31. The molecule has 0 spiro atoms. The van der Waals surface area contributed by atoms with E-state index in [9.17, 15) is 4.39 Å². The lowest BCUT2D eigenvalue weighted by atomic mass is 9.98. The first kappa shape index (κ1) is 15.8. The molecule has 0 saturated carbocycles. The predicted molar refractivity (Wildman–Crippen MR) is 87.7 cm³/mol. The number of hydrogen-bond donors (Lipinski definition) is 1. The molecular weight excluding hydrogens is 287 g/mol. The summed E-state index contributed by atoms with van der Waals surface area (Å²) in [5, 5.41) is 3.45. The number of nitrogens with one attached hydrogen (secondary N) is 1. The molecule has 2 rings (SSSR count). The Morgan fingerprint density at radius 1 is 1.19 bits per heavy atom. The van der Waals surface area contributed by atoms with E-state index in [1.807, 2.05) is 33.3 Å². The largest absolute Gasteiger partial charge is 0.378 e. The van der Waals surface area contributed by atoms with E-state index in [0.717, 1.165) is 11.3 Å². The molecule has 1 atom stereocenters. The van der Waals surface area contributed by atoms with Crippen LogP contribution in [0.1, 0.15) is 17.2 Å². The molecule has 21 heavy (non-hydrogen) atoms. The Balaban J connectivity index is 2.23. The Bertz CT molecular complexity index is 613. The van der Waals surface area contributed by atoms with Crippen LogP contribution in [-0.2, 0) is 6.42 Å². The second kappa shape index (κ2) is 6.92. The van der Waals surface area contributed by atoms with Gasteiger partial charge in [0.25, 0.3) is 0 Å². The van der Waals surface area contributed by atoms with Crippen molar-refractivity contribution in [1.29, 1.82) is 0 Å². The van der Waals surface area contributed by atoms with Crippen molar-refractivity contribution in [2.45, 2.75) is 12.5 Å². The Morgan fingerprint density at radius 2 is 1.95 bits per heavy atom. The molecule has 2 aromatic rings. The van der Waals surface area contributed by atoms with E-state index in [4.69, 9.17) is 11.6 Å². The molecule has 1 N–H and O–H groups in total. The molecule has 1 unspecified atom stereocenters. The molecule has 0 heterocycles. The van der Waals surface area contributed by atoms with E-state index in [0.29, 0.717) is 6.42 Å². The number of hydrogen-bond acceptors (Lipinski definition) is 2. The lowest BCUT2D eigenvalue weighted by Crippen LogP contribution is -2.19. The maximum absolute atomic E-state index is 13.5. The average Bonchev–Trinajstić information content (AvgIpc) is 2.48. The van der Waals surface area contributed by atoms with Gasteiger partial charge in [0.2, 0.25) is 0 Å². The summed E-state index contributed by atoms with van der Waals surface area (Å²) >= 11 is 5.73. The third-order valence-electron chi connectivity index (χ3n) is 3.56. The van der Waals surface area contributed by atoms with Crippen molar-refractivity contribution in [2.24, 2.45) is 0 Å². The van der Waals surface area contributed by atoms with Gasteiger partial charge >= 0.3 is 0 Å². The van der Waals surface area contributed by atoms with Crippen molar-refractivity contribution >= 4 is 17.3 Å². The molecule has 112 valence electrons. The van der Waals surface area contributed by atoms with Gasteiger partial charge in [-0.25, -0.2) is 4.39 Å². The highest BCUT2D eigenvalue weighted by Crippen LogP contribution is 2.24. The molecule has 0 bridgehead atoms.